The number of carbonyl (C=O) groups is 1. The van der Waals surface area contributed by atoms with E-state index in [4.69, 9.17) is 0 Å². The Labute approximate surface area is 125 Å². The third kappa shape index (κ3) is 2.62. The Hall–Kier alpha value is -2.34. The molecular weight excluding hydrogens is 260 g/mol. The Morgan fingerprint density at radius 1 is 1.19 bits per heavy atom. The van der Waals surface area contributed by atoms with Crippen LogP contribution in [0.3, 0.4) is 0 Å². The number of anilines is 1. The minimum atomic E-state index is -0.979. The van der Waals surface area contributed by atoms with Crippen molar-refractivity contribution in [3.8, 4) is 6.07 Å². The smallest absolute Gasteiger partial charge is 0.247 e. The first-order chi connectivity index (χ1) is 10.1. The van der Waals surface area contributed by atoms with Crippen molar-refractivity contribution in [3.63, 3.8) is 0 Å². The van der Waals surface area contributed by atoms with Gasteiger partial charge in [0.2, 0.25) is 5.91 Å². The first kappa shape index (κ1) is 15.1. The molecule has 0 bridgehead atoms. The van der Waals surface area contributed by atoms with Crippen LogP contribution in [0.5, 0.6) is 0 Å². The molecule has 0 aliphatic rings. The fraction of sp³-hybridized carbons (Fsp3) is 0.333. The zero-order valence-electron chi connectivity index (χ0n) is 12.8. The number of hydrogen-bond donors (Lipinski definition) is 0. The van der Waals surface area contributed by atoms with Gasteiger partial charge < -0.3 is 4.90 Å². The summed E-state index contributed by atoms with van der Waals surface area (Å²) in [6.07, 6.45) is 0.504. The number of benzene rings is 2. The Morgan fingerprint density at radius 3 is 2.48 bits per heavy atom. The topological polar surface area (TPSA) is 44.1 Å². The minimum Gasteiger partial charge on any atom is -0.311 e. The molecule has 0 aliphatic carbocycles. The summed E-state index contributed by atoms with van der Waals surface area (Å²) in [5, 5.41) is 11.5. The number of fused-ring (bicyclic) bond motifs is 1. The van der Waals surface area contributed by atoms with Crippen LogP contribution < -0.4 is 4.90 Å². The van der Waals surface area contributed by atoms with Gasteiger partial charge in [-0.05, 0) is 31.7 Å². The molecule has 1 amide bonds. The largest absolute Gasteiger partial charge is 0.311 e. The molecule has 2 aromatic rings. The molecule has 0 radical (unpaired) electrons. The van der Waals surface area contributed by atoms with E-state index in [-0.39, 0.29) is 5.91 Å². The van der Waals surface area contributed by atoms with Gasteiger partial charge in [-0.2, -0.15) is 5.26 Å². The number of hydrogen-bond acceptors (Lipinski definition) is 2. The highest BCUT2D eigenvalue weighted by Gasteiger charge is 2.35. The third-order valence-corrected chi connectivity index (χ3v) is 4.04. The summed E-state index contributed by atoms with van der Waals surface area (Å²) >= 11 is 0. The van der Waals surface area contributed by atoms with Crippen molar-refractivity contribution in [1.82, 2.24) is 0 Å². The Balaban J connectivity index is 2.55. The van der Waals surface area contributed by atoms with Crippen molar-refractivity contribution in [2.45, 2.75) is 27.2 Å². The van der Waals surface area contributed by atoms with E-state index in [1.807, 2.05) is 56.3 Å². The Bertz CT molecular complexity index is 696. The molecular formula is C18H20N2O. The van der Waals surface area contributed by atoms with Crippen molar-refractivity contribution >= 4 is 22.4 Å². The van der Waals surface area contributed by atoms with Gasteiger partial charge in [0.05, 0.1) is 11.8 Å². The van der Waals surface area contributed by atoms with Crippen LogP contribution in [0.25, 0.3) is 10.8 Å². The average Bonchev–Trinajstić information content (AvgIpc) is 2.54. The van der Waals surface area contributed by atoms with Gasteiger partial charge in [0.25, 0.3) is 0 Å². The SMILES string of the molecule is CCN(C(=O)C(C)(C#N)CC)c1cccc2ccccc12. The third-order valence-electron chi connectivity index (χ3n) is 4.04. The maximum atomic E-state index is 12.8. The molecule has 2 aromatic carbocycles. The highest BCUT2D eigenvalue weighted by molar-refractivity contribution is 6.06. The zero-order valence-corrected chi connectivity index (χ0v) is 12.8. The summed E-state index contributed by atoms with van der Waals surface area (Å²) in [6, 6.07) is 16.1. The Kier molecular flexibility index (Phi) is 4.28. The van der Waals surface area contributed by atoms with Gasteiger partial charge in [0, 0.05) is 11.9 Å². The van der Waals surface area contributed by atoms with E-state index in [1.165, 1.54) is 0 Å². The van der Waals surface area contributed by atoms with E-state index in [1.54, 1.807) is 11.8 Å². The molecule has 3 heteroatoms. The molecule has 108 valence electrons. The lowest BCUT2D eigenvalue weighted by Gasteiger charge is -2.29. The van der Waals surface area contributed by atoms with Crippen molar-refractivity contribution < 1.29 is 4.79 Å². The van der Waals surface area contributed by atoms with Crippen LogP contribution in [0.15, 0.2) is 42.5 Å². The van der Waals surface area contributed by atoms with Crippen molar-refractivity contribution in [3.05, 3.63) is 42.5 Å². The lowest BCUT2D eigenvalue weighted by molar-refractivity contribution is -0.124. The second-order valence-corrected chi connectivity index (χ2v) is 5.35. The van der Waals surface area contributed by atoms with E-state index in [9.17, 15) is 10.1 Å². The second-order valence-electron chi connectivity index (χ2n) is 5.35. The predicted molar refractivity (Wildman–Crippen MR) is 86.0 cm³/mol. The van der Waals surface area contributed by atoms with Crippen LogP contribution in [0.4, 0.5) is 5.69 Å². The van der Waals surface area contributed by atoms with E-state index >= 15 is 0 Å². The van der Waals surface area contributed by atoms with Crippen molar-refractivity contribution in [2.24, 2.45) is 5.41 Å². The number of carbonyl (C=O) groups excluding carboxylic acids is 1. The van der Waals surface area contributed by atoms with Crippen LogP contribution in [0.2, 0.25) is 0 Å². The molecule has 1 unspecified atom stereocenters. The fourth-order valence-electron chi connectivity index (χ4n) is 2.44. The van der Waals surface area contributed by atoms with Gasteiger partial charge in [-0.3, -0.25) is 4.79 Å². The molecule has 0 saturated heterocycles. The minimum absolute atomic E-state index is 0.133. The predicted octanol–water partition coefficient (Wildman–Crippen LogP) is 4.13. The standard InChI is InChI=1S/C18H20N2O/c1-4-18(3,13-19)17(21)20(5-2)16-12-8-10-14-9-6-7-11-15(14)16/h6-12H,4-5H2,1-3H3. The van der Waals surface area contributed by atoms with Crippen LogP contribution in [-0.4, -0.2) is 12.5 Å². The van der Waals surface area contributed by atoms with Gasteiger partial charge in [-0.25, -0.2) is 0 Å². The first-order valence-corrected chi connectivity index (χ1v) is 7.28. The summed E-state index contributed by atoms with van der Waals surface area (Å²) in [4.78, 5) is 14.5. The normalized spacial score (nSPS) is 13.4. The molecule has 0 aromatic heterocycles. The van der Waals surface area contributed by atoms with Crippen molar-refractivity contribution in [2.75, 3.05) is 11.4 Å². The molecule has 1 atom stereocenters. The number of nitriles is 1. The van der Waals surface area contributed by atoms with Crippen LogP contribution >= 0.6 is 0 Å². The summed E-state index contributed by atoms with van der Waals surface area (Å²) in [6.45, 7) is 6.07. The van der Waals surface area contributed by atoms with Crippen LogP contribution in [0.1, 0.15) is 27.2 Å². The first-order valence-electron chi connectivity index (χ1n) is 7.28. The molecule has 0 saturated carbocycles. The molecule has 0 aliphatic heterocycles. The summed E-state index contributed by atoms with van der Waals surface area (Å²) in [5.41, 5.74) is -0.108. The monoisotopic (exact) mass is 280 g/mol. The number of amides is 1. The molecule has 0 heterocycles. The summed E-state index contributed by atoms with van der Waals surface area (Å²) < 4.78 is 0. The molecule has 0 fully saturated rings. The van der Waals surface area contributed by atoms with Gasteiger partial charge in [-0.1, -0.05) is 43.3 Å². The van der Waals surface area contributed by atoms with Gasteiger partial charge in [0.1, 0.15) is 5.41 Å². The van der Waals surface area contributed by atoms with Crippen LogP contribution in [0, 0.1) is 16.7 Å². The van der Waals surface area contributed by atoms with Gasteiger partial charge in [0.15, 0.2) is 0 Å². The van der Waals surface area contributed by atoms with E-state index < -0.39 is 5.41 Å². The van der Waals surface area contributed by atoms with Crippen molar-refractivity contribution in [1.29, 1.82) is 5.26 Å². The van der Waals surface area contributed by atoms with E-state index in [0.29, 0.717) is 13.0 Å². The van der Waals surface area contributed by atoms with Gasteiger partial charge >= 0.3 is 0 Å². The highest BCUT2D eigenvalue weighted by atomic mass is 16.2. The summed E-state index contributed by atoms with van der Waals surface area (Å²) in [7, 11) is 0. The fourth-order valence-corrected chi connectivity index (χ4v) is 2.44. The molecule has 21 heavy (non-hydrogen) atoms. The quantitative estimate of drug-likeness (QED) is 0.845. The maximum Gasteiger partial charge on any atom is 0.247 e. The second kappa shape index (κ2) is 5.97. The van der Waals surface area contributed by atoms with Gasteiger partial charge in [-0.15, -0.1) is 0 Å². The average molecular weight is 280 g/mol. The molecule has 0 spiro atoms. The maximum absolute atomic E-state index is 12.8. The zero-order chi connectivity index (χ0) is 15.5. The molecule has 2 rings (SSSR count). The van der Waals surface area contributed by atoms with Crippen LogP contribution in [-0.2, 0) is 4.79 Å². The lowest BCUT2D eigenvalue weighted by Crippen LogP contribution is -2.41. The highest BCUT2D eigenvalue weighted by Crippen LogP contribution is 2.31. The molecule has 0 N–H and O–H groups in total. The number of nitrogens with zero attached hydrogens (tertiary/aromatic N) is 2. The Morgan fingerprint density at radius 2 is 1.86 bits per heavy atom. The summed E-state index contributed by atoms with van der Waals surface area (Å²) in [5.74, 6) is -0.133. The van der Waals surface area contributed by atoms with E-state index in [2.05, 4.69) is 6.07 Å². The van der Waals surface area contributed by atoms with E-state index in [0.717, 1.165) is 16.5 Å². The lowest BCUT2D eigenvalue weighted by atomic mass is 9.87. The molecule has 3 nitrogen and oxygen atoms in total. The number of rotatable bonds is 4.